The van der Waals surface area contributed by atoms with Crippen molar-refractivity contribution in [1.29, 1.82) is 0 Å². The second kappa shape index (κ2) is 16.1. The first-order valence-electron chi connectivity index (χ1n) is 16.4. The molecule has 2 fully saturated rings. The fourth-order valence-corrected chi connectivity index (χ4v) is 7.57. The smallest absolute Gasteiger partial charge is 0.226 e. The van der Waals surface area contributed by atoms with Crippen LogP contribution in [0, 0.1) is 10.8 Å². The normalized spacial score (nSPS) is 26.1. The highest BCUT2D eigenvalue weighted by atomic mass is 35.5. The van der Waals surface area contributed by atoms with Gasteiger partial charge in [-0.3, -0.25) is 19.6 Å². The number of allylic oxidation sites excluding steroid dienone is 2. The SMILES string of the molecule is C=CC[C@@]1(C)C[C@H](c2cc(Cl)ccn2)[C@@H](c2ccc(Cl)cc2)NC1=O.C=CC[C@]1(C)C[C@H](c2cc(Cl)ccn2)[C@@H](c2ccc(Cl)cc2)NC1=O. The maximum atomic E-state index is 12.8. The van der Waals surface area contributed by atoms with E-state index in [4.69, 9.17) is 46.4 Å². The molecule has 2 aliphatic rings. The van der Waals surface area contributed by atoms with Gasteiger partial charge in [0, 0.05) is 55.7 Å². The number of carbonyl (C=O) groups is 2. The molecule has 0 unspecified atom stereocenters. The summed E-state index contributed by atoms with van der Waals surface area (Å²) in [6.45, 7) is 11.5. The minimum absolute atomic E-state index is 0.0162. The lowest BCUT2D eigenvalue weighted by Gasteiger charge is -2.42. The summed E-state index contributed by atoms with van der Waals surface area (Å²) in [5.41, 5.74) is 2.74. The Morgan fingerprint density at radius 2 is 1.00 bits per heavy atom. The number of amides is 2. The molecule has 2 N–H and O–H groups in total. The number of hydrogen-bond acceptors (Lipinski definition) is 4. The lowest BCUT2D eigenvalue weighted by atomic mass is 9.69. The maximum absolute atomic E-state index is 12.8. The summed E-state index contributed by atoms with van der Waals surface area (Å²) >= 11 is 24.4. The first-order valence-corrected chi connectivity index (χ1v) is 17.9. The van der Waals surface area contributed by atoms with Gasteiger partial charge in [0.1, 0.15) is 0 Å². The molecule has 2 saturated heterocycles. The zero-order valence-corrected chi connectivity index (χ0v) is 31.0. The van der Waals surface area contributed by atoms with Gasteiger partial charge in [0.05, 0.1) is 22.9 Å². The van der Waals surface area contributed by atoms with Gasteiger partial charge in [0.25, 0.3) is 0 Å². The molecule has 2 aromatic heterocycles. The summed E-state index contributed by atoms with van der Waals surface area (Å²) in [5.74, 6) is 0.0984. The van der Waals surface area contributed by atoms with E-state index in [0.29, 0.717) is 45.8 Å². The summed E-state index contributed by atoms with van der Waals surface area (Å²) in [6, 6.07) is 22.0. The van der Waals surface area contributed by atoms with Crippen molar-refractivity contribution in [2.75, 3.05) is 0 Å². The number of benzene rings is 2. The van der Waals surface area contributed by atoms with Crippen molar-refractivity contribution in [3.63, 3.8) is 0 Å². The number of hydrogen-bond donors (Lipinski definition) is 2. The topological polar surface area (TPSA) is 84.0 Å². The lowest BCUT2D eigenvalue weighted by molar-refractivity contribution is -0.135. The predicted octanol–water partition coefficient (Wildman–Crippen LogP) is 10.6. The Balaban J connectivity index is 0.000000194. The van der Waals surface area contributed by atoms with Gasteiger partial charge in [-0.05, 0) is 85.3 Å². The van der Waals surface area contributed by atoms with E-state index >= 15 is 0 Å². The van der Waals surface area contributed by atoms with Crippen LogP contribution in [0.2, 0.25) is 20.1 Å². The summed E-state index contributed by atoms with van der Waals surface area (Å²) in [4.78, 5) is 34.6. The van der Waals surface area contributed by atoms with Crippen molar-refractivity contribution >= 4 is 58.2 Å². The molecule has 0 saturated carbocycles. The quantitative estimate of drug-likeness (QED) is 0.176. The van der Waals surface area contributed by atoms with Gasteiger partial charge in [-0.25, -0.2) is 0 Å². The molecule has 0 aliphatic carbocycles. The first-order chi connectivity index (χ1) is 23.9. The van der Waals surface area contributed by atoms with Gasteiger partial charge in [0.15, 0.2) is 0 Å². The number of nitrogens with zero attached hydrogens (tertiary/aromatic N) is 2. The van der Waals surface area contributed by atoms with Crippen LogP contribution in [-0.2, 0) is 9.59 Å². The Morgan fingerprint density at radius 1 is 0.640 bits per heavy atom. The summed E-state index contributed by atoms with van der Waals surface area (Å²) in [7, 11) is 0. The van der Waals surface area contributed by atoms with E-state index in [0.717, 1.165) is 22.5 Å². The average molecular weight is 751 g/mol. The molecule has 0 radical (unpaired) electrons. The van der Waals surface area contributed by atoms with Crippen LogP contribution in [0.4, 0.5) is 0 Å². The number of halogens is 4. The van der Waals surface area contributed by atoms with Crippen LogP contribution >= 0.6 is 46.4 Å². The minimum Gasteiger partial charge on any atom is -0.348 e. The van der Waals surface area contributed by atoms with Crippen LogP contribution in [0.1, 0.15) is 86.0 Å². The summed E-state index contributed by atoms with van der Waals surface area (Å²) in [5, 5.41) is 8.98. The van der Waals surface area contributed by atoms with Crippen molar-refractivity contribution in [2.45, 2.75) is 63.5 Å². The molecule has 4 heterocycles. The maximum Gasteiger partial charge on any atom is 0.226 e. The second-order valence-corrected chi connectivity index (χ2v) is 15.3. The molecule has 50 heavy (non-hydrogen) atoms. The number of piperidine rings is 2. The largest absolute Gasteiger partial charge is 0.348 e. The lowest BCUT2D eigenvalue weighted by Crippen LogP contribution is -2.49. The highest BCUT2D eigenvalue weighted by molar-refractivity contribution is 6.31. The molecule has 2 aromatic carbocycles. The van der Waals surface area contributed by atoms with Crippen LogP contribution in [0.25, 0.3) is 0 Å². The van der Waals surface area contributed by atoms with Gasteiger partial charge in [0.2, 0.25) is 11.8 Å². The number of aromatic nitrogens is 2. The zero-order chi connectivity index (χ0) is 36.1. The molecule has 6 rings (SSSR count). The van der Waals surface area contributed by atoms with Crippen molar-refractivity contribution in [3.05, 3.63) is 153 Å². The number of carbonyl (C=O) groups excluding carboxylic acids is 2. The molecule has 6 nitrogen and oxygen atoms in total. The van der Waals surface area contributed by atoms with Crippen molar-refractivity contribution in [2.24, 2.45) is 10.8 Å². The van der Waals surface area contributed by atoms with Gasteiger partial charge < -0.3 is 10.6 Å². The predicted molar refractivity (Wildman–Crippen MR) is 204 cm³/mol. The van der Waals surface area contributed by atoms with Crippen LogP contribution in [0.5, 0.6) is 0 Å². The molecule has 0 bridgehead atoms. The average Bonchev–Trinajstić information content (AvgIpc) is 3.08. The summed E-state index contributed by atoms with van der Waals surface area (Å²) < 4.78 is 0. The van der Waals surface area contributed by atoms with Gasteiger partial charge >= 0.3 is 0 Å². The highest BCUT2D eigenvalue weighted by Crippen LogP contribution is 2.47. The fraction of sp³-hybridized carbons (Fsp3) is 0.300. The Morgan fingerprint density at radius 3 is 1.32 bits per heavy atom. The second-order valence-electron chi connectivity index (χ2n) is 13.5. The Labute approximate surface area is 314 Å². The molecule has 0 spiro atoms. The Kier molecular flexibility index (Phi) is 12.1. The Hall–Kier alpha value is -3.68. The van der Waals surface area contributed by atoms with E-state index in [9.17, 15) is 9.59 Å². The number of pyridine rings is 2. The van der Waals surface area contributed by atoms with Gasteiger partial charge in [-0.15, -0.1) is 13.2 Å². The molecule has 6 atom stereocenters. The molecular weight excluding hydrogens is 710 g/mol. The van der Waals surface area contributed by atoms with E-state index in [1.165, 1.54) is 0 Å². The van der Waals surface area contributed by atoms with Crippen LogP contribution in [0.15, 0.2) is 111 Å². The molecule has 2 amide bonds. The van der Waals surface area contributed by atoms with E-state index < -0.39 is 10.8 Å². The van der Waals surface area contributed by atoms with E-state index in [2.05, 4.69) is 33.8 Å². The van der Waals surface area contributed by atoms with E-state index in [1.807, 2.05) is 74.5 Å². The Bertz CT molecular complexity index is 1720. The fourth-order valence-electron chi connectivity index (χ4n) is 6.98. The standard InChI is InChI=1S/2C20H20Cl2N2O/c2*1-3-9-20(2)12-16(17-11-15(22)8-10-23-17)18(24-19(20)25)13-4-6-14(21)7-5-13/h2*3-8,10-11,16,18H,1,9,12H2,2H3,(H,24,25)/t16-,18-,20+;16-,18-,20-/m11/s1. The van der Waals surface area contributed by atoms with Gasteiger partial charge in [-0.1, -0.05) is 96.7 Å². The van der Waals surface area contributed by atoms with Crippen LogP contribution in [0.3, 0.4) is 0 Å². The molecule has 2 aliphatic heterocycles. The number of nitrogens with one attached hydrogen (secondary N) is 2. The van der Waals surface area contributed by atoms with Gasteiger partial charge in [-0.2, -0.15) is 0 Å². The molecule has 260 valence electrons. The highest BCUT2D eigenvalue weighted by Gasteiger charge is 2.46. The third kappa shape index (κ3) is 8.60. The summed E-state index contributed by atoms with van der Waals surface area (Å²) in [6.07, 6.45) is 9.58. The van der Waals surface area contributed by atoms with Crippen molar-refractivity contribution < 1.29 is 9.59 Å². The van der Waals surface area contributed by atoms with E-state index in [-0.39, 0.29) is 35.7 Å². The molecular formula is C40H40Cl4N4O2. The van der Waals surface area contributed by atoms with Crippen molar-refractivity contribution in [3.8, 4) is 0 Å². The van der Waals surface area contributed by atoms with E-state index in [1.54, 1.807) is 36.7 Å². The number of rotatable bonds is 8. The van der Waals surface area contributed by atoms with Crippen LogP contribution in [-0.4, -0.2) is 21.8 Å². The molecule has 4 aromatic rings. The zero-order valence-electron chi connectivity index (χ0n) is 28.0. The minimum atomic E-state index is -0.515. The third-order valence-corrected chi connectivity index (χ3v) is 10.7. The monoisotopic (exact) mass is 748 g/mol. The van der Waals surface area contributed by atoms with Crippen LogP contribution < -0.4 is 10.6 Å². The van der Waals surface area contributed by atoms with Crippen molar-refractivity contribution in [1.82, 2.24) is 20.6 Å². The molecule has 10 heteroatoms. The third-order valence-electron chi connectivity index (χ3n) is 9.71. The first kappa shape index (κ1) is 37.6.